The van der Waals surface area contributed by atoms with E-state index in [2.05, 4.69) is 21.3 Å². The Morgan fingerprint density at radius 1 is 0.775 bits per heavy atom. The van der Waals surface area contributed by atoms with Crippen molar-refractivity contribution in [3.63, 3.8) is 0 Å². The third-order valence-corrected chi connectivity index (χ3v) is 5.14. The standard InChI is InChI=1S/C24H43N5O11/c1-29(2,17-22(33)27-7-11-37-13-14-39-12-9-30)8-5-25-23(34)18-40-16-15-38-10-6-26-21(32)4-3-20(24(35)36)28-19-31/h9,19-20H,3-8,10-18H2,1-2H3,(H4-,25,26,27,28,31,32,33,34,35,36)/p+1. The van der Waals surface area contributed by atoms with Crippen molar-refractivity contribution in [1.82, 2.24) is 21.3 Å². The lowest BCUT2D eigenvalue weighted by molar-refractivity contribution is -0.881. The molecule has 4 amide bonds. The molecular formula is C24H44N5O11+. The van der Waals surface area contributed by atoms with E-state index in [-0.39, 0.29) is 83.1 Å². The molecule has 1 unspecified atom stereocenters. The topological polar surface area (TPSA) is 208 Å². The number of amides is 4. The van der Waals surface area contributed by atoms with Crippen LogP contribution in [0.15, 0.2) is 0 Å². The molecule has 0 aromatic rings. The summed E-state index contributed by atoms with van der Waals surface area (Å²) < 4.78 is 21.2. The van der Waals surface area contributed by atoms with E-state index in [1.807, 2.05) is 14.1 Å². The average molecular weight is 579 g/mol. The molecule has 0 saturated carbocycles. The van der Waals surface area contributed by atoms with E-state index < -0.39 is 12.0 Å². The number of likely N-dealkylation sites (N-methyl/N-ethyl adjacent to an activating group) is 1. The van der Waals surface area contributed by atoms with Crippen LogP contribution >= 0.6 is 0 Å². The van der Waals surface area contributed by atoms with E-state index in [4.69, 9.17) is 24.1 Å². The molecule has 0 aromatic carbocycles. The van der Waals surface area contributed by atoms with Crippen LogP contribution in [0, 0.1) is 0 Å². The van der Waals surface area contributed by atoms with Crippen molar-refractivity contribution in [2.45, 2.75) is 18.9 Å². The number of nitrogens with zero attached hydrogens (tertiary/aromatic N) is 1. The predicted molar refractivity (Wildman–Crippen MR) is 140 cm³/mol. The molecule has 0 rings (SSSR count). The number of hydrogen-bond donors (Lipinski definition) is 5. The van der Waals surface area contributed by atoms with Crippen LogP contribution in [0.4, 0.5) is 0 Å². The predicted octanol–water partition coefficient (Wildman–Crippen LogP) is -3.34. The summed E-state index contributed by atoms with van der Waals surface area (Å²) in [6.07, 6.45) is 0.857. The number of carboxylic acid groups (broad SMARTS) is 1. The fourth-order valence-corrected chi connectivity index (χ4v) is 3.06. The van der Waals surface area contributed by atoms with E-state index in [1.54, 1.807) is 0 Å². The van der Waals surface area contributed by atoms with Gasteiger partial charge >= 0.3 is 5.97 Å². The molecule has 230 valence electrons. The van der Waals surface area contributed by atoms with Gasteiger partial charge in [0.15, 0.2) is 6.54 Å². The van der Waals surface area contributed by atoms with Crippen molar-refractivity contribution < 1.29 is 57.3 Å². The number of rotatable bonds is 27. The largest absolute Gasteiger partial charge is 0.480 e. The first-order chi connectivity index (χ1) is 19.1. The van der Waals surface area contributed by atoms with E-state index in [1.165, 1.54) is 0 Å². The molecule has 0 spiro atoms. The molecule has 0 aromatic heterocycles. The molecule has 16 heteroatoms. The Balaban J connectivity index is 3.73. The quantitative estimate of drug-likeness (QED) is 0.0370. The first-order valence-electron chi connectivity index (χ1n) is 12.9. The van der Waals surface area contributed by atoms with Crippen molar-refractivity contribution in [3.05, 3.63) is 0 Å². The second-order valence-electron chi connectivity index (χ2n) is 9.10. The van der Waals surface area contributed by atoms with Crippen LogP contribution in [0.2, 0.25) is 0 Å². The number of hydrogen-bond acceptors (Lipinski definition) is 10. The summed E-state index contributed by atoms with van der Waals surface area (Å²) in [6.45, 7) is 3.17. The highest BCUT2D eigenvalue weighted by Gasteiger charge is 2.20. The summed E-state index contributed by atoms with van der Waals surface area (Å²) in [4.78, 5) is 67.1. The van der Waals surface area contributed by atoms with Crippen LogP contribution in [0.1, 0.15) is 12.8 Å². The number of quaternary nitrogens is 1. The second-order valence-corrected chi connectivity index (χ2v) is 9.10. The summed E-state index contributed by atoms with van der Waals surface area (Å²) in [5, 5.41) is 19.1. The monoisotopic (exact) mass is 578 g/mol. The lowest BCUT2D eigenvalue weighted by Crippen LogP contribution is -2.51. The first-order valence-corrected chi connectivity index (χ1v) is 12.9. The first kappa shape index (κ1) is 36.8. The normalized spacial score (nSPS) is 11.8. The summed E-state index contributed by atoms with van der Waals surface area (Å²) in [7, 11) is 3.75. The van der Waals surface area contributed by atoms with Gasteiger partial charge in [-0.2, -0.15) is 0 Å². The summed E-state index contributed by atoms with van der Waals surface area (Å²) in [5.41, 5.74) is 0. The Hall–Kier alpha value is -3.18. The molecule has 0 saturated heterocycles. The minimum absolute atomic E-state index is 0.0264. The Morgan fingerprint density at radius 3 is 1.95 bits per heavy atom. The summed E-state index contributed by atoms with van der Waals surface area (Å²) in [6, 6.07) is -1.11. The molecule has 40 heavy (non-hydrogen) atoms. The third-order valence-electron chi connectivity index (χ3n) is 5.14. The number of ether oxygens (including phenoxy) is 4. The van der Waals surface area contributed by atoms with E-state index in [9.17, 15) is 28.8 Å². The Bertz CT molecular complexity index is 767. The molecule has 0 fully saturated rings. The number of carbonyl (C=O) groups is 6. The molecule has 0 bridgehead atoms. The van der Waals surface area contributed by atoms with Gasteiger partial charge in [-0.3, -0.25) is 19.2 Å². The fourth-order valence-electron chi connectivity index (χ4n) is 3.06. The number of carboxylic acids is 1. The van der Waals surface area contributed by atoms with E-state index >= 15 is 0 Å². The third kappa shape index (κ3) is 22.8. The Kier molecular flexibility index (Phi) is 21.8. The number of carbonyl (C=O) groups excluding carboxylic acids is 5. The van der Waals surface area contributed by atoms with Gasteiger partial charge in [-0.25, -0.2) is 4.79 Å². The minimum Gasteiger partial charge on any atom is -0.480 e. The smallest absolute Gasteiger partial charge is 0.326 e. The average Bonchev–Trinajstić information content (AvgIpc) is 2.89. The lowest BCUT2D eigenvalue weighted by Gasteiger charge is -2.29. The van der Waals surface area contributed by atoms with Crippen LogP contribution in [-0.2, 0) is 47.7 Å². The van der Waals surface area contributed by atoms with Crippen molar-refractivity contribution in [2.24, 2.45) is 0 Å². The van der Waals surface area contributed by atoms with Gasteiger partial charge in [0, 0.05) is 19.5 Å². The Morgan fingerprint density at radius 2 is 1.35 bits per heavy atom. The van der Waals surface area contributed by atoms with Gasteiger partial charge in [0.25, 0.3) is 5.91 Å². The molecule has 0 aliphatic heterocycles. The summed E-state index contributed by atoms with van der Waals surface area (Å²) >= 11 is 0. The molecule has 5 N–H and O–H groups in total. The van der Waals surface area contributed by atoms with Crippen LogP contribution in [-0.4, -0.2) is 152 Å². The molecular weight excluding hydrogens is 534 g/mol. The lowest BCUT2D eigenvalue weighted by atomic mass is 10.1. The van der Waals surface area contributed by atoms with Crippen molar-refractivity contribution in [3.8, 4) is 0 Å². The van der Waals surface area contributed by atoms with Gasteiger partial charge in [0.05, 0.1) is 66.8 Å². The zero-order valence-corrected chi connectivity index (χ0v) is 23.3. The van der Waals surface area contributed by atoms with Crippen LogP contribution in [0.5, 0.6) is 0 Å². The van der Waals surface area contributed by atoms with E-state index in [0.29, 0.717) is 50.2 Å². The van der Waals surface area contributed by atoms with Crippen molar-refractivity contribution >= 4 is 36.4 Å². The maximum absolute atomic E-state index is 12.1. The number of nitrogens with one attached hydrogen (secondary N) is 4. The van der Waals surface area contributed by atoms with Crippen LogP contribution < -0.4 is 21.3 Å². The zero-order chi connectivity index (χ0) is 30.1. The highest BCUT2D eigenvalue weighted by atomic mass is 16.5. The van der Waals surface area contributed by atoms with Gasteiger partial charge in [-0.1, -0.05) is 0 Å². The minimum atomic E-state index is -1.21. The fraction of sp³-hybridized carbons (Fsp3) is 0.750. The van der Waals surface area contributed by atoms with Gasteiger partial charge in [-0.15, -0.1) is 0 Å². The van der Waals surface area contributed by atoms with Crippen molar-refractivity contribution in [2.75, 3.05) is 99.7 Å². The van der Waals surface area contributed by atoms with Crippen LogP contribution in [0.3, 0.4) is 0 Å². The molecule has 0 aliphatic carbocycles. The van der Waals surface area contributed by atoms with Gasteiger partial charge in [-0.05, 0) is 6.42 Å². The number of aldehydes is 1. The maximum atomic E-state index is 12.1. The highest BCUT2D eigenvalue weighted by molar-refractivity contribution is 5.79. The highest BCUT2D eigenvalue weighted by Crippen LogP contribution is 1.97. The zero-order valence-electron chi connectivity index (χ0n) is 23.3. The SMILES string of the molecule is C[N+](C)(CCNC(=O)COCCOCCNC(=O)CCC(NC=O)C(=O)O)CC(=O)NCCOCCOCC=O. The molecule has 0 radical (unpaired) electrons. The van der Waals surface area contributed by atoms with E-state index in [0.717, 1.165) is 0 Å². The summed E-state index contributed by atoms with van der Waals surface area (Å²) in [5.74, 6) is -2.01. The maximum Gasteiger partial charge on any atom is 0.326 e. The molecule has 1 atom stereocenters. The molecule has 16 nitrogen and oxygen atoms in total. The van der Waals surface area contributed by atoms with Crippen LogP contribution in [0.25, 0.3) is 0 Å². The number of aliphatic carboxylic acids is 1. The van der Waals surface area contributed by atoms with Gasteiger partial charge in [0.2, 0.25) is 18.2 Å². The van der Waals surface area contributed by atoms with Gasteiger partial charge < -0.3 is 54.6 Å². The van der Waals surface area contributed by atoms with Crippen molar-refractivity contribution in [1.29, 1.82) is 0 Å². The second kappa shape index (κ2) is 23.7. The Labute approximate surface area is 234 Å². The van der Waals surface area contributed by atoms with Gasteiger partial charge in [0.1, 0.15) is 25.5 Å². The molecule has 0 heterocycles. The molecule has 0 aliphatic rings.